The minimum Gasteiger partial charge on any atom is -0.335 e. The highest BCUT2D eigenvalue weighted by molar-refractivity contribution is 7.17. The molecule has 24 heavy (non-hydrogen) atoms. The number of thiazole rings is 1. The van der Waals surface area contributed by atoms with Gasteiger partial charge in [0.15, 0.2) is 5.69 Å². The SMILES string of the molecule is CC1CCCCN1C(=O)c1sc(-c2ccccc2)nc1C(F)(F)F. The first-order chi connectivity index (χ1) is 11.4. The number of nitrogens with zero attached hydrogens (tertiary/aromatic N) is 2. The van der Waals surface area contributed by atoms with Crippen molar-refractivity contribution < 1.29 is 18.0 Å². The van der Waals surface area contributed by atoms with E-state index >= 15 is 0 Å². The van der Waals surface area contributed by atoms with Crippen molar-refractivity contribution in [3.05, 3.63) is 40.9 Å². The van der Waals surface area contributed by atoms with E-state index in [9.17, 15) is 18.0 Å². The molecule has 0 saturated carbocycles. The third-order valence-electron chi connectivity index (χ3n) is 4.17. The van der Waals surface area contributed by atoms with Crippen LogP contribution in [0.1, 0.15) is 41.6 Å². The Labute approximate surface area is 142 Å². The van der Waals surface area contributed by atoms with E-state index in [2.05, 4.69) is 4.98 Å². The molecule has 0 aliphatic carbocycles. The molecule has 128 valence electrons. The Morgan fingerprint density at radius 3 is 2.58 bits per heavy atom. The van der Waals surface area contributed by atoms with Gasteiger partial charge < -0.3 is 4.90 Å². The number of hydrogen-bond donors (Lipinski definition) is 0. The molecule has 2 aromatic rings. The van der Waals surface area contributed by atoms with Crippen LogP contribution < -0.4 is 0 Å². The molecule has 1 aliphatic rings. The van der Waals surface area contributed by atoms with Crippen molar-refractivity contribution in [2.24, 2.45) is 0 Å². The van der Waals surface area contributed by atoms with Gasteiger partial charge in [0.1, 0.15) is 9.88 Å². The Balaban J connectivity index is 2.02. The highest BCUT2D eigenvalue weighted by Gasteiger charge is 2.41. The molecular formula is C17H17F3N2OS. The van der Waals surface area contributed by atoms with Gasteiger partial charge in [0.2, 0.25) is 0 Å². The summed E-state index contributed by atoms with van der Waals surface area (Å²) in [5.74, 6) is -0.561. The molecule has 1 aromatic carbocycles. The summed E-state index contributed by atoms with van der Waals surface area (Å²) >= 11 is 0.821. The maximum absolute atomic E-state index is 13.4. The summed E-state index contributed by atoms with van der Waals surface area (Å²) in [5, 5.41) is 0.218. The topological polar surface area (TPSA) is 33.2 Å². The standard InChI is InChI=1S/C17H17F3N2OS/c1-11-7-5-6-10-22(11)16(23)13-14(17(18,19)20)21-15(24-13)12-8-3-2-4-9-12/h2-4,8-9,11H,5-7,10H2,1H3. The van der Waals surface area contributed by atoms with Crippen LogP contribution in [0.15, 0.2) is 30.3 Å². The van der Waals surface area contributed by atoms with E-state index in [1.165, 1.54) is 0 Å². The fraction of sp³-hybridized carbons (Fsp3) is 0.412. The highest BCUT2D eigenvalue weighted by Crippen LogP contribution is 2.38. The van der Waals surface area contributed by atoms with Crippen molar-refractivity contribution in [1.29, 1.82) is 0 Å². The summed E-state index contributed by atoms with van der Waals surface area (Å²) in [4.78, 5) is 17.7. The van der Waals surface area contributed by atoms with Crippen molar-refractivity contribution >= 4 is 17.2 Å². The summed E-state index contributed by atoms with van der Waals surface area (Å²) in [6, 6.07) is 8.59. The summed E-state index contributed by atoms with van der Waals surface area (Å²) < 4.78 is 40.1. The average Bonchev–Trinajstić information content (AvgIpc) is 3.01. The van der Waals surface area contributed by atoms with E-state index in [0.29, 0.717) is 12.1 Å². The molecule has 1 atom stereocenters. The average molecular weight is 354 g/mol. The maximum atomic E-state index is 13.4. The van der Waals surface area contributed by atoms with E-state index in [0.717, 1.165) is 30.6 Å². The largest absolute Gasteiger partial charge is 0.435 e. The Morgan fingerprint density at radius 1 is 1.25 bits per heavy atom. The van der Waals surface area contributed by atoms with Crippen LogP contribution in [0.25, 0.3) is 10.6 Å². The quantitative estimate of drug-likeness (QED) is 0.773. The summed E-state index contributed by atoms with van der Waals surface area (Å²) in [5.41, 5.74) is -0.493. The third-order valence-corrected chi connectivity index (χ3v) is 5.27. The molecule has 1 unspecified atom stereocenters. The van der Waals surface area contributed by atoms with E-state index in [-0.39, 0.29) is 15.9 Å². The lowest BCUT2D eigenvalue weighted by atomic mass is 10.0. The van der Waals surface area contributed by atoms with Gasteiger partial charge in [-0.2, -0.15) is 13.2 Å². The molecule has 3 rings (SSSR count). The van der Waals surface area contributed by atoms with Gasteiger partial charge in [-0.15, -0.1) is 11.3 Å². The molecule has 0 bridgehead atoms. The number of carbonyl (C=O) groups excluding carboxylic acids is 1. The van der Waals surface area contributed by atoms with Gasteiger partial charge in [0.05, 0.1) is 0 Å². The number of likely N-dealkylation sites (tertiary alicyclic amines) is 1. The zero-order valence-corrected chi connectivity index (χ0v) is 14.0. The summed E-state index contributed by atoms with van der Waals surface area (Å²) in [6.07, 6.45) is -2.01. The van der Waals surface area contributed by atoms with E-state index < -0.39 is 17.8 Å². The van der Waals surface area contributed by atoms with Crippen molar-refractivity contribution in [3.8, 4) is 10.6 Å². The maximum Gasteiger partial charge on any atom is 0.435 e. The number of aromatic nitrogens is 1. The predicted molar refractivity (Wildman–Crippen MR) is 86.9 cm³/mol. The molecule has 2 heterocycles. The molecule has 1 amide bonds. The van der Waals surface area contributed by atoms with Gasteiger partial charge in [-0.3, -0.25) is 4.79 Å². The predicted octanol–water partition coefficient (Wildman–Crippen LogP) is 4.84. The Kier molecular flexibility index (Phi) is 4.62. The minimum absolute atomic E-state index is 0.0467. The Morgan fingerprint density at radius 2 is 1.96 bits per heavy atom. The molecule has 0 radical (unpaired) electrons. The van der Waals surface area contributed by atoms with Gasteiger partial charge in [0, 0.05) is 18.2 Å². The molecule has 1 aliphatic heterocycles. The van der Waals surface area contributed by atoms with Crippen LogP contribution in [0.5, 0.6) is 0 Å². The van der Waals surface area contributed by atoms with Crippen molar-refractivity contribution in [1.82, 2.24) is 9.88 Å². The number of amides is 1. The summed E-state index contributed by atoms with van der Waals surface area (Å²) in [6.45, 7) is 2.37. The second kappa shape index (κ2) is 6.55. The molecule has 3 nitrogen and oxygen atoms in total. The lowest BCUT2D eigenvalue weighted by Crippen LogP contribution is -2.42. The van der Waals surface area contributed by atoms with Crippen LogP contribution in [0.4, 0.5) is 13.2 Å². The van der Waals surface area contributed by atoms with Gasteiger partial charge in [-0.1, -0.05) is 30.3 Å². The zero-order valence-electron chi connectivity index (χ0n) is 13.1. The van der Waals surface area contributed by atoms with Crippen LogP contribution in [-0.2, 0) is 6.18 Å². The summed E-state index contributed by atoms with van der Waals surface area (Å²) in [7, 11) is 0. The number of halogens is 3. The normalized spacial score (nSPS) is 18.7. The molecule has 7 heteroatoms. The Bertz CT molecular complexity index is 727. The van der Waals surface area contributed by atoms with Gasteiger partial charge >= 0.3 is 6.18 Å². The van der Waals surface area contributed by atoms with Crippen LogP contribution >= 0.6 is 11.3 Å². The first-order valence-corrected chi connectivity index (χ1v) is 8.64. The van der Waals surface area contributed by atoms with Crippen molar-refractivity contribution in [2.45, 2.75) is 38.4 Å². The zero-order chi connectivity index (χ0) is 17.3. The van der Waals surface area contributed by atoms with Crippen LogP contribution in [0.3, 0.4) is 0 Å². The van der Waals surface area contributed by atoms with Gasteiger partial charge in [0.25, 0.3) is 5.91 Å². The molecule has 0 spiro atoms. The van der Waals surface area contributed by atoms with E-state index in [1.807, 2.05) is 6.92 Å². The number of benzene rings is 1. The van der Waals surface area contributed by atoms with Crippen LogP contribution in [0, 0.1) is 0 Å². The number of rotatable bonds is 2. The first kappa shape index (κ1) is 17.0. The molecule has 1 aromatic heterocycles. The third kappa shape index (κ3) is 3.31. The number of alkyl halides is 3. The lowest BCUT2D eigenvalue weighted by molar-refractivity contribution is -0.141. The number of carbonyl (C=O) groups is 1. The fourth-order valence-electron chi connectivity index (χ4n) is 2.89. The second-order valence-corrected chi connectivity index (χ2v) is 6.90. The molecule has 1 saturated heterocycles. The molecular weight excluding hydrogens is 337 g/mol. The second-order valence-electron chi connectivity index (χ2n) is 5.90. The van der Waals surface area contributed by atoms with Crippen LogP contribution in [0.2, 0.25) is 0 Å². The minimum atomic E-state index is -4.65. The molecule has 0 N–H and O–H groups in total. The number of hydrogen-bond acceptors (Lipinski definition) is 3. The first-order valence-electron chi connectivity index (χ1n) is 7.82. The van der Waals surface area contributed by atoms with Gasteiger partial charge in [-0.05, 0) is 26.2 Å². The van der Waals surface area contributed by atoms with Crippen molar-refractivity contribution in [3.63, 3.8) is 0 Å². The number of piperidine rings is 1. The van der Waals surface area contributed by atoms with Crippen LogP contribution in [-0.4, -0.2) is 28.4 Å². The smallest absolute Gasteiger partial charge is 0.335 e. The fourth-order valence-corrected chi connectivity index (χ4v) is 3.94. The van der Waals surface area contributed by atoms with Crippen molar-refractivity contribution in [2.75, 3.05) is 6.54 Å². The molecule has 1 fully saturated rings. The van der Waals surface area contributed by atoms with E-state index in [1.54, 1.807) is 35.2 Å². The highest BCUT2D eigenvalue weighted by atomic mass is 32.1. The Hall–Kier alpha value is -1.89. The lowest BCUT2D eigenvalue weighted by Gasteiger charge is -2.33. The van der Waals surface area contributed by atoms with Gasteiger partial charge in [-0.25, -0.2) is 4.98 Å². The monoisotopic (exact) mass is 354 g/mol. The van der Waals surface area contributed by atoms with E-state index in [4.69, 9.17) is 0 Å².